The number of benzene rings is 2. The molecule has 0 unspecified atom stereocenters. The van der Waals surface area contributed by atoms with Crippen molar-refractivity contribution in [2.45, 2.75) is 0 Å². The maximum atomic E-state index is 8.69. The largest absolute Gasteiger partial charge is 0.276 e. The summed E-state index contributed by atoms with van der Waals surface area (Å²) in [6.07, 6.45) is 1.82. The summed E-state index contributed by atoms with van der Waals surface area (Å²) in [6, 6.07) is 21.0. The average molecular weight is 297 g/mol. The van der Waals surface area contributed by atoms with E-state index in [0.717, 1.165) is 22.0 Å². The quantitative estimate of drug-likeness (QED) is 0.589. The van der Waals surface area contributed by atoms with Crippen LogP contribution in [0.25, 0.3) is 22.0 Å². The van der Waals surface area contributed by atoms with Crippen molar-refractivity contribution in [2.75, 3.05) is 5.43 Å². The lowest BCUT2D eigenvalue weighted by Crippen LogP contribution is -1.96. The molecule has 0 aliphatic heterocycles. The molecule has 108 valence electrons. The third kappa shape index (κ3) is 3.15. The lowest BCUT2D eigenvalue weighted by atomic mass is 10.0. The number of anilines is 1. The van der Waals surface area contributed by atoms with Gasteiger partial charge >= 0.3 is 0 Å². The van der Waals surface area contributed by atoms with Gasteiger partial charge in [0, 0.05) is 17.1 Å². The third-order valence-electron chi connectivity index (χ3n) is 3.29. The van der Waals surface area contributed by atoms with Gasteiger partial charge in [-0.3, -0.25) is 10.4 Å². The minimum Gasteiger partial charge on any atom is -0.276 e. The Hall–Kier alpha value is -3.70. The number of rotatable bonds is 3. The summed E-state index contributed by atoms with van der Waals surface area (Å²) in [5.74, 6) is 0. The molecule has 0 atom stereocenters. The van der Waals surface area contributed by atoms with Gasteiger partial charge in [0.25, 0.3) is 0 Å². The van der Waals surface area contributed by atoms with E-state index in [1.807, 2.05) is 54.7 Å². The maximum Gasteiger partial charge on any atom is 0.237 e. The molecule has 0 fully saturated rings. The zero-order chi connectivity index (χ0) is 16.1. The fraction of sp³-hybridized carbons (Fsp3) is 0. The monoisotopic (exact) mass is 297 g/mol. The van der Waals surface area contributed by atoms with Gasteiger partial charge in [-0.05, 0) is 29.8 Å². The number of pyridine rings is 1. The van der Waals surface area contributed by atoms with E-state index in [9.17, 15) is 0 Å². The smallest absolute Gasteiger partial charge is 0.237 e. The molecule has 1 N–H and O–H groups in total. The van der Waals surface area contributed by atoms with Crippen LogP contribution in [0.5, 0.6) is 0 Å². The van der Waals surface area contributed by atoms with Crippen LogP contribution in [0.2, 0.25) is 0 Å². The molecule has 0 aliphatic rings. The Kier molecular flexibility index (Phi) is 3.95. The standard InChI is InChI=1S/C18H11N5/c19-10-17(11-20)23-22-16-6-3-5-13(9-16)15-8-14-4-1-2-7-18(14)21-12-15/h1-9,12,22H. The van der Waals surface area contributed by atoms with E-state index in [1.165, 1.54) is 0 Å². The van der Waals surface area contributed by atoms with E-state index in [1.54, 1.807) is 12.1 Å². The predicted molar refractivity (Wildman–Crippen MR) is 89.5 cm³/mol. The lowest BCUT2D eigenvalue weighted by molar-refractivity contribution is 1.33. The molecule has 0 spiro atoms. The fourth-order valence-corrected chi connectivity index (χ4v) is 2.19. The first-order valence-corrected chi connectivity index (χ1v) is 6.89. The van der Waals surface area contributed by atoms with Crippen molar-refractivity contribution in [1.29, 1.82) is 10.5 Å². The minimum atomic E-state index is -0.220. The van der Waals surface area contributed by atoms with Crippen LogP contribution in [-0.2, 0) is 0 Å². The van der Waals surface area contributed by atoms with Crippen LogP contribution >= 0.6 is 0 Å². The topological polar surface area (TPSA) is 84.9 Å². The number of aromatic nitrogens is 1. The number of nitrogens with zero attached hydrogens (tertiary/aromatic N) is 4. The predicted octanol–water partition coefficient (Wildman–Crippen LogP) is 3.72. The lowest BCUT2D eigenvalue weighted by Gasteiger charge is -2.06. The van der Waals surface area contributed by atoms with Gasteiger partial charge in [-0.25, -0.2) is 0 Å². The Morgan fingerprint density at radius 1 is 0.957 bits per heavy atom. The van der Waals surface area contributed by atoms with Crippen LogP contribution in [0.4, 0.5) is 5.69 Å². The minimum absolute atomic E-state index is 0.220. The van der Waals surface area contributed by atoms with Gasteiger partial charge in [-0.1, -0.05) is 30.3 Å². The molecule has 5 nitrogen and oxygen atoms in total. The van der Waals surface area contributed by atoms with Crippen LogP contribution in [0, 0.1) is 22.7 Å². The highest BCUT2D eigenvalue weighted by Gasteiger charge is 2.02. The van der Waals surface area contributed by atoms with Crippen molar-refractivity contribution < 1.29 is 0 Å². The Morgan fingerprint density at radius 2 is 1.78 bits per heavy atom. The van der Waals surface area contributed by atoms with Gasteiger partial charge < -0.3 is 0 Å². The van der Waals surface area contributed by atoms with Crippen molar-refractivity contribution in [3.05, 3.63) is 60.8 Å². The van der Waals surface area contributed by atoms with E-state index in [0.29, 0.717) is 5.69 Å². The first-order valence-electron chi connectivity index (χ1n) is 6.89. The normalized spacial score (nSPS) is 9.65. The van der Waals surface area contributed by atoms with Crippen molar-refractivity contribution in [3.8, 4) is 23.3 Å². The number of nitrogens with one attached hydrogen (secondary N) is 1. The number of hydrazone groups is 1. The molecule has 23 heavy (non-hydrogen) atoms. The number of hydrogen-bond acceptors (Lipinski definition) is 5. The van der Waals surface area contributed by atoms with Crippen LogP contribution in [0.3, 0.4) is 0 Å². The van der Waals surface area contributed by atoms with Crippen LogP contribution in [-0.4, -0.2) is 10.7 Å². The summed E-state index contributed by atoms with van der Waals surface area (Å²) < 4.78 is 0. The molecule has 0 saturated carbocycles. The fourth-order valence-electron chi connectivity index (χ4n) is 2.19. The zero-order valence-corrected chi connectivity index (χ0v) is 12.1. The van der Waals surface area contributed by atoms with Crippen molar-refractivity contribution in [2.24, 2.45) is 5.10 Å². The SMILES string of the molecule is N#CC(C#N)=NNc1cccc(-c2cnc3ccccc3c2)c1. The molecule has 0 radical (unpaired) electrons. The second-order valence-corrected chi connectivity index (χ2v) is 4.79. The Labute approximate surface area is 133 Å². The highest BCUT2D eigenvalue weighted by Crippen LogP contribution is 2.25. The number of para-hydroxylation sites is 1. The summed E-state index contributed by atoms with van der Waals surface area (Å²) in [6.45, 7) is 0. The van der Waals surface area contributed by atoms with Crippen molar-refractivity contribution >= 4 is 22.3 Å². The average Bonchev–Trinajstić information content (AvgIpc) is 2.62. The molecule has 3 rings (SSSR count). The molecule has 1 heterocycles. The van der Waals surface area contributed by atoms with E-state index in [4.69, 9.17) is 10.5 Å². The molecular formula is C18H11N5. The van der Waals surface area contributed by atoms with Crippen LogP contribution < -0.4 is 5.43 Å². The van der Waals surface area contributed by atoms with Gasteiger partial charge in [-0.2, -0.15) is 15.6 Å². The highest BCUT2D eigenvalue weighted by molar-refractivity contribution is 6.10. The summed E-state index contributed by atoms with van der Waals surface area (Å²) in [7, 11) is 0. The second-order valence-electron chi connectivity index (χ2n) is 4.79. The molecule has 0 amide bonds. The van der Waals surface area contributed by atoms with Gasteiger partial charge in [-0.15, -0.1) is 0 Å². The highest BCUT2D eigenvalue weighted by atomic mass is 15.3. The molecular weight excluding hydrogens is 286 g/mol. The van der Waals surface area contributed by atoms with Crippen molar-refractivity contribution in [3.63, 3.8) is 0 Å². The number of fused-ring (bicyclic) bond motifs is 1. The molecule has 5 heteroatoms. The molecule has 0 saturated heterocycles. The van der Waals surface area contributed by atoms with Gasteiger partial charge in [0.1, 0.15) is 12.1 Å². The maximum absolute atomic E-state index is 8.69. The number of hydrogen-bond donors (Lipinski definition) is 1. The second kappa shape index (κ2) is 6.38. The molecule has 2 aromatic carbocycles. The van der Waals surface area contributed by atoms with Crippen LogP contribution in [0.15, 0.2) is 65.9 Å². The first kappa shape index (κ1) is 14.2. The van der Waals surface area contributed by atoms with E-state index in [-0.39, 0.29) is 5.71 Å². The number of nitriles is 2. The molecule has 3 aromatic rings. The van der Waals surface area contributed by atoms with Crippen LogP contribution in [0.1, 0.15) is 0 Å². The van der Waals surface area contributed by atoms with Gasteiger partial charge in [0.05, 0.1) is 11.2 Å². The Balaban J connectivity index is 1.94. The van der Waals surface area contributed by atoms with Gasteiger partial charge in [0.15, 0.2) is 0 Å². The Morgan fingerprint density at radius 3 is 2.61 bits per heavy atom. The molecule has 0 bridgehead atoms. The third-order valence-corrected chi connectivity index (χ3v) is 3.29. The summed E-state index contributed by atoms with van der Waals surface area (Å²) in [5, 5.41) is 22.2. The molecule has 1 aromatic heterocycles. The summed E-state index contributed by atoms with van der Waals surface area (Å²) >= 11 is 0. The van der Waals surface area contributed by atoms with Crippen molar-refractivity contribution in [1.82, 2.24) is 4.98 Å². The zero-order valence-electron chi connectivity index (χ0n) is 12.1. The Bertz CT molecular complexity index is 960. The first-order chi connectivity index (χ1) is 11.3. The van der Waals surface area contributed by atoms with Gasteiger partial charge in [0.2, 0.25) is 5.71 Å². The molecule has 0 aliphatic carbocycles. The summed E-state index contributed by atoms with van der Waals surface area (Å²) in [5.41, 5.74) is 6.09. The van der Waals surface area contributed by atoms with E-state index in [2.05, 4.69) is 21.6 Å². The van der Waals surface area contributed by atoms with E-state index >= 15 is 0 Å². The summed E-state index contributed by atoms with van der Waals surface area (Å²) in [4.78, 5) is 4.45. The van der Waals surface area contributed by atoms with E-state index < -0.39 is 0 Å².